The minimum absolute atomic E-state index is 0.293. The molecule has 2 aromatic carbocycles. The summed E-state index contributed by atoms with van der Waals surface area (Å²) in [6.07, 6.45) is 1.77. The molecule has 0 amide bonds. The van der Waals surface area contributed by atoms with Crippen LogP contribution in [0, 0.1) is 0 Å². The second-order valence-corrected chi connectivity index (χ2v) is 6.42. The van der Waals surface area contributed by atoms with Crippen molar-refractivity contribution in [2.24, 2.45) is 0 Å². The molecule has 0 fully saturated rings. The van der Waals surface area contributed by atoms with Gasteiger partial charge in [-0.15, -0.1) is 0 Å². The zero-order valence-corrected chi connectivity index (χ0v) is 13.5. The lowest BCUT2D eigenvalue weighted by atomic mass is 9.70. The molecule has 20 heavy (non-hydrogen) atoms. The summed E-state index contributed by atoms with van der Waals surface area (Å²) in [6.45, 7) is 4.30. The van der Waals surface area contributed by atoms with Crippen LogP contribution in [0.5, 0.6) is 0 Å². The van der Waals surface area contributed by atoms with Gasteiger partial charge in [-0.3, -0.25) is 0 Å². The average molecular weight is 307 g/mol. The Kier molecular flexibility index (Phi) is 4.78. The first-order valence-electron chi connectivity index (χ1n) is 7.07. The van der Waals surface area contributed by atoms with E-state index in [0.717, 1.165) is 18.4 Å². The first-order valence-corrected chi connectivity index (χ1v) is 7.83. The lowest BCUT2D eigenvalue weighted by Gasteiger charge is -2.43. The summed E-state index contributed by atoms with van der Waals surface area (Å²) in [5.74, 6) is 0. The molecule has 0 atom stereocenters. The number of rotatable bonds is 5. The largest absolute Gasteiger partial charge is 0.152 e. The van der Waals surface area contributed by atoms with Crippen LogP contribution in [0.15, 0.2) is 60.7 Å². The minimum Gasteiger partial charge on any atom is -0.0953 e. The second-order valence-electron chi connectivity index (χ2n) is 5.10. The van der Waals surface area contributed by atoms with Crippen LogP contribution in [0.1, 0.15) is 37.8 Å². The lowest BCUT2D eigenvalue weighted by molar-refractivity contribution is 0.350. The van der Waals surface area contributed by atoms with Crippen LogP contribution in [-0.4, -0.2) is 0 Å². The van der Waals surface area contributed by atoms with E-state index in [-0.39, 0.29) is 5.41 Å². The molecule has 0 heterocycles. The Morgan fingerprint density at radius 3 is 1.50 bits per heavy atom. The molecule has 0 radical (unpaired) electrons. The van der Waals surface area contributed by atoms with E-state index in [1.807, 2.05) is 48.5 Å². The highest BCUT2D eigenvalue weighted by Crippen LogP contribution is 2.54. The number of hydrogen-bond donors (Lipinski definition) is 0. The van der Waals surface area contributed by atoms with Crippen LogP contribution in [0.3, 0.4) is 0 Å². The molecule has 2 heteroatoms. The third-order valence-electron chi connectivity index (χ3n) is 4.27. The Labute approximate surface area is 131 Å². The summed E-state index contributed by atoms with van der Waals surface area (Å²) < 4.78 is -0.945. The van der Waals surface area contributed by atoms with Crippen molar-refractivity contribution in [3.63, 3.8) is 0 Å². The van der Waals surface area contributed by atoms with E-state index >= 15 is 0 Å². The Balaban J connectivity index is 2.59. The van der Waals surface area contributed by atoms with Gasteiger partial charge >= 0.3 is 0 Å². The molecule has 0 bridgehead atoms. The highest BCUT2D eigenvalue weighted by Gasteiger charge is 2.49. The summed E-state index contributed by atoms with van der Waals surface area (Å²) in [6, 6.07) is 20.3. The van der Waals surface area contributed by atoms with Gasteiger partial charge < -0.3 is 0 Å². The maximum atomic E-state index is 6.88. The summed E-state index contributed by atoms with van der Waals surface area (Å²) in [4.78, 5) is 0. The second kappa shape index (κ2) is 6.20. The number of alkyl halides is 2. The van der Waals surface area contributed by atoms with Gasteiger partial charge in [0, 0.05) is 5.41 Å². The Bertz CT molecular complexity index is 528. The van der Waals surface area contributed by atoms with Crippen molar-refractivity contribution < 1.29 is 0 Å². The fraction of sp³-hybridized carbons (Fsp3) is 0.333. The van der Waals surface area contributed by atoms with Crippen molar-refractivity contribution in [2.75, 3.05) is 0 Å². The Hall–Kier alpha value is -0.980. The summed E-state index contributed by atoms with van der Waals surface area (Å²) in [5.41, 5.74) is 1.85. The predicted molar refractivity (Wildman–Crippen MR) is 88.5 cm³/mol. The van der Waals surface area contributed by atoms with Gasteiger partial charge in [-0.25, -0.2) is 0 Å². The van der Waals surface area contributed by atoms with Crippen molar-refractivity contribution in [3.8, 4) is 0 Å². The molecule has 0 N–H and O–H groups in total. The van der Waals surface area contributed by atoms with Crippen LogP contribution < -0.4 is 0 Å². The van der Waals surface area contributed by atoms with Gasteiger partial charge in [0.15, 0.2) is 4.33 Å². The molecular weight excluding hydrogens is 287 g/mol. The van der Waals surface area contributed by atoms with Gasteiger partial charge in [-0.2, -0.15) is 0 Å². The van der Waals surface area contributed by atoms with Crippen LogP contribution in [0.25, 0.3) is 0 Å². The normalized spacial score (nSPS) is 12.4. The van der Waals surface area contributed by atoms with E-state index in [9.17, 15) is 0 Å². The van der Waals surface area contributed by atoms with Crippen molar-refractivity contribution >= 4 is 23.2 Å². The number of halogens is 2. The maximum Gasteiger partial charge on any atom is 0.152 e. The summed E-state index contributed by atoms with van der Waals surface area (Å²) in [7, 11) is 0. The topological polar surface area (TPSA) is 0 Å². The molecule has 0 aliphatic rings. The highest BCUT2D eigenvalue weighted by molar-refractivity contribution is 6.49. The third kappa shape index (κ3) is 2.47. The van der Waals surface area contributed by atoms with Gasteiger partial charge in [0.1, 0.15) is 0 Å². The molecule has 0 spiro atoms. The van der Waals surface area contributed by atoms with E-state index in [4.69, 9.17) is 23.2 Å². The monoisotopic (exact) mass is 306 g/mol. The van der Waals surface area contributed by atoms with E-state index in [1.165, 1.54) is 5.56 Å². The summed E-state index contributed by atoms with van der Waals surface area (Å²) >= 11 is 13.8. The smallest absolute Gasteiger partial charge is 0.0953 e. The van der Waals surface area contributed by atoms with Gasteiger partial charge in [0.25, 0.3) is 0 Å². The van der Waals surface area contributed by atoms with Crippen molar-refractivity contribution in [1.82, 2.24) is 0 Å². The lowest BCUT2D eigenvalue weighted by Crippen LogP contribution is -2.40. The molecular formula is C18H20Cl2. The standard InChI is InChI=1S/C18H20Cl2/c1-3-17(4-2,15-11-7-5-8-12-15)18(19,20)16-13-9-6-10-14-16/h5-14H,3-4H2,1-2H3. The average Bonchev–Trinajstić information content (AvgIpc) is 2.51. The fourth-order valence-electron chi connectivity index (χ4n) is 2.96. The molecule has 0 saturated heterocycles. The van der Waals surface area contributed by atoms with Gasteiger partial charge in [-0.1, -0.05) is 97.7 Å². The molecule has 0 aromatic heterocycles. The predicted octanol–water partition coefficient (Wildman–Crippen LogP) is 6.08. The van der Waals surface area contributed by atoms with E-state index in [2.05, 4.69) is 26.0 Å². The van der Waals surface area contributed by atoms with Crippen LogP contribution >= 0.6 is 23.2 Å². The van der Waals surface area contributed by atoms with Gasteiger partial charge in [-0.05, 0) is 24.0 Å². The van der Waals surface area contributed by atoms with Crippen molar-refractivity contribution in [1.29, 1.82) is 0 Å². The Morgan fingerprint density at radius 2 is 1.10 bits per heavy atom. The van der Waals surface area contributed by atoms with Gasteiger partial charge in [0.2, 0.25) is 0 Å². The SMILES string of the molecule is CCC(CC)(c1ccccc1)C(Cl)(Cl)c1ccccc1. The van der Waals surface area contributed by atoms with E-state index in [0.29, 0.717) is 0 Å². The molecule has 0 saturated carbocycles. The Morgan fingerprint density at radius 1 is 0.700 bits per heavy atom. The zero-order chi connectivity index (χ0) is 14.6. The maximum absolute atomic E-state index is 6.88. The summed E-state index contributed by atoms with van der Waals surface area (Å²) in [5, 5.41) is 0. The number of benzene rings is 2. The van der Waals surface area contributed by atoms with Gasteiger partial charge in [0.05, 0.1) is 0 Å². The molecule has 0 aliphatic carbocycles. The third-order valence-corrected chi connectivity index (χ3v) is 5.43. The van der Waals surface area contributed by atoms with Crippen molar-refractivity contribution in [3.05, 3.63) is 71.8 Å². The fourth-order valence-corrected chi connectivity index (χ4v) is 3.97. The highest BCUT2D eigenvalue weighted by atomic mass is 35.5. The van der Waals surface area contributed by atoms with Crippen LogP contribution in [0.2, 0.25) is 0 Å². The quantitative estimate of drug-likeness (QED) is 0.588. The minimum atomic E-state index is -0.945. The number of hydrogen-bond acceptors (Lipinski definition) is 0. The molecule has 2 aromatic rings. The van der Waals surface area contributed by atoms with Crippen LogP contribution in [-0.2, 0) is 9.75 Å². The molecule has 0 nitrogen and oxygen atoms in total. The van der Waals surface area contributed by atoms with Crippen LogP contribution in [0.4, 0.5) is 0 Å². The molecule has 106 valence electrons. The first kappa shape index (κ1) is 15.4. The molecule has 0 aliphatic heterocycles. The van der Waals surface area contributed by atoms with Crippen molar-refractivity contribution in [2.45, 2.75) is 36.4 Å². The first-order chi connectivity index (χ1) is 9.58. The zero-order valence-electron chi connectivity index (χ0n) is 11.9. The van der Waals surface area contributed by atoms with E-state index in [1.54, 1.807) is 0 Å². The molecule has 2 rings (SSSR count). The van der Waals surface area contributed by atoms with E-state index < -0.39 is 4.33 Å². The molecule has 0 unspecified atom stereocenters.